The fourth-order valence-corrected chi connectivity index (χ4v) is 14.3. The predicted octanol–water partition coefficient (Wildman–Crippen LogP) is 24.4. The van der Waals surface area contributed by atoms with E-state index in [0.717, 1.165) is 24.4 Å². The van der Waals surface area contributed by atoms with E-state index >= 15 is 0 Å². The maximum atomic E-state index is 10.0. The SMILES string of the molecule is CCCCCCCCCCC(CCCCCCCC)CC1(CCOCCO)CCCC1(CC(CCCCCCCC)CCCCCCCCCC)CC(CCCCCCCC)CCCCCCCCCC. The molecule has 0 spiro atoms. The number of unbranched alkanes of at least 4 members (excludes halogenated alkanes) is 36. The largest absolute Gasteiger partial charge is 0.394 e. The maximum Gasteiger partial charge on any atom is 0.0697 e. The highest BCUT2D eigenvalue weighted by Gasteiger charge is 2.55. The van der Waals surface area contributed by atoms with Crippen molar-refractivity contribution in [2.24, 2.45) is 28.6 Å². The third-order valence-corrected chi connectivity index (χ3v) is 18.7. The van der Waals surface area contributed by atoms with E-state index in [4.69, 9.17) is 4.74 Å². The molecule has 0 aliphatic heterocycles. The van der Waals surface area contributed by atoms with Crippen LogP contribution in [0.4, 0.5) is 0 Å². The smallest absolute Gasteiger partial charge is 0.0697 e. The van der Waals surface area contributed by atoms with E-state index in [1.807, 2.05) is 0 Å². The van der Waals surface area contributed by atoms with Gasteiger partial charge in [0.25, 0.3) is 0 Å². The lowest BCUT2D eigenvalue weighted by Gasteiger charge is -2.52. The van der Waals surface area contributed by atoms with Crippen LogP contribution in [0.5, 0.6) is 0 Å². The van der Waals surface area contributed by atoms with Crippen molar-refractivity contribution in [2.75, 3.05) is 19.8 Å². The molecule has 0 aromatic carbocycles. The first-order valence-electron chi connectivity index (χ1n) is 34.2. The van der Waals surface area contributed by atoms with Gasteiger partial charge in [0.15, 0.2) is 0 Å². The second-order valence-corrected chi connectivity index (χ2v) is 25.2. The standard InChI is InChI=1S/C69H138O2/c1-7-13-19-25-31-34-40-46-51-65(50-43-37-28-22-16-10-4)62-68(58-60-71-61-59-70)56-49-57-69(68,63-66(52-44-38-29-23-17-11-5)54-47-41-35-32-26-20-14-8-2)64-67(53-45-39-30-24-18-12-6)55-48-42-36-33-27-21-15-9-3/h65-67,70H,7-64H2,1-6H3. The molecular formula is C69H138O2. The summed E-state index contributed by atoms with van der Waals surface area (Å²) in [6.07, 6.45) is 79.3. The molecule has 0 saturated heterocycles. The van der Waals surface area contributed by atoms with E-state index in [9.17, 15) is 5.11 Å². The summed E-state index contributed by atoms with van der Waals surface area (Å²) in [5, 5.41) is 10.0. The number of ether oxygens (including phenoxy) is 1. The van der Waals surface area contributed by atoms with Crippen LogP contribution < -0.4 is 0 Å². The molecule has 1 aliphatic carbocycles. The summed E-state index contributed by atoms with van der Waals surface area (Å²) in [5.41, 5.74) is 0.821. The third-order valence-electron chi connectivity index (χ3n) is 18.7. The fraction of sp³-hybridized carbons (Fsp3) is 1.00. The Labute approximate surface area is 450 Å². The molecule has 1 rings (SSSR count). The average molecular weight is 1000 g/mol. The van der Waals surface area contributed by atoms with Crippen LogP contribution in [-0.2, 0) is 4.74 Å². The Kier molecular flexibility index (Phi) is 50.5. The van der Waals surface area contributed by atoms with Crippen LogP contribution in [0.3, 0.4) is 0 Å². The van der Waals surface area contributed by atoms with Crippen molar-refractivity contribution < 1.29 is 9.84 Å². The molecule has 1 fully saturated rings. The number of aliphatic hydroxyl groups is 1. The van der Waals surface area contributed by atoms with Crippen molar-refractivity contribution in [3.8, 4) is 0 Å². The van der Waals surface area contributed by atoms with Gasteiger partial charge in [-0.2, -0.15) is 0 Å². The molecule has 0 heterocycles. The van der Waals surface area contributed by atoms with Crippen molar-refractivity contribution in [2.45, 2.75) is 395 Å². The molecule has 0 aromatic rings. The minimum Gasteiger partial charge on any atom is -0.394 e. The molecule has 426 valence electrons. The van der Waals surface area contributed by atoms with Crippen molar-refractivity contribution >= 4 is 0 Å². The first-order chi connectivity index (χ1) is 35.0. The lowest BCUT2D eigenvalue weighted by atomic mass is 9.53. The maximum absolute atomic E-state index is 10.0. The Hall–Kier alpha value is -0.0800. The number of aliphatic hydroxyl groups excluding tert-OH is 1. The Morgan fingerprint density at radius 3 is 0.775 bits per heavy atom. The van der Waals surface area contributed by atoms with E-state index in [2.05, 4.69) is 41.5 Å². The molecule has 4 unspecified atom stereocenters. The lowest BCUT2D eigenvalue weighted by Crippen LogP contribution is -2.43. The van der Waals surface area contributed by atoms with Gasteiger partial charge in [0.1, 0.15) is 0 Å². The molecule has 2 heteroatoms. The van der Waals surface area contributed by atoms with Gasteiger partial charge in [0.2, 0.25) is 0 Å². The van der Waals surface area contributed by atoms with Crippen LogP contribution in [0.1, 0.15) is 395 Å². The molecule has 1 N–H and O–H groups in total. The van der Waals surface area contributed by atoms with E-state index in [0.29, 0.717) is 17.4 Å². The summed E-state index contributed by atoms with van der Waals surface area (Å²) in [7, 11) is 0. The zero-order valence-electron chi connectivity index (χ0n) is 50.6. The molecule has 0 bridgehead atoms. The summed E-state index contributed by atoms with van der Waals surface area (Å²) in [6.45, 7) is 15.7. The Morgan fingerprint density at radius 2 is 0.521 bits per heavy atom. The van der Waals surface area contributed by atoms with Crippen LogP contribution in [0.15, 0.2) is 0 Å². The zero-order valence-corrected chi connectivity index (χ0v) is 50.6. The second-order valence-electron chi connectivity index (χ2n) is 25.2. The summed E-state index contributed by atoms with van der Waals surface area (Å²) in [5.74, 6) is 2.64. The van der Waals surface area contributed by atoms with Gasteiger partial charge in [-0.3, -0.25) is 0 Å². The highest BCUT2D eigenvalue weighted by molar-refractivity contribution is 5.05. The van der Waals surface area contributed by atoms with Crippen LogP contribution >= 0.6 is 0 Å². The molecule has 1 saturated carbocycles. The molecule has 0 aromatic heterocycles. The third kappa shape index (κ3) is 37.4. The minimum absolute atomic E-state index is 0.162. The van der Waals surface area contributed by atoms with E-state index in [1.54, 1.807) is 0 Å². The van der Waals surface area contributed by atoms with Gasteiger partial charge < -0.3 is 9.84 Å². The summed E-state index contributed by atoms with van der Waals surface area (Å²) < 4.78 is 6.47. The van der Waals surface area contributed by atoms with Crippen molar-refractivity contribution in [1.82, 2.24) is 0 Å². The van der Waals surface area contributed by atoms with Gasteiger partial charge in [0.05, 0.1) is 13.2 Å². The number of rotatable bonds is 59. The molecule has 71 heavy (non-hydrogen) atoms. The lowest BCUT2D eigenvalue weighted by molar-refractivity contribution is -0.0395. The summed E-state index contributed by atoms with van der Waals surface area (Å²) in [4.78, 5) is 0. The highest BCUT2D eigenvalue weighted by atomic mass is 16.5. The molecule has 0 amide bonds. The molecule has 4 atom stereocenters. The van der Waals surface area contributed by atoms with Gasteiger partial charge in [0, 0.05) is 6.61 Å². The predicted molar refractivity (Wildman–Crippen MR) is 321 cm³/mol. The normalized spacial score (nSPS) is 18.5. The topological polar surface area (TPSA) is 29.5 Å². The Balaban J connectivity index is 3.74. The first kappa shape index (κ1) is 68.9. The second kappa shape index (κ2) is 52.0. The molecule has 2 nitrogen and oxygen atoms in total. The van der Waals surface area contributed by atoms with E-state index in [-0.39, 0.29) is 6.61 Å². The molecular weight excluding hydrogens is 861 g/mol. The van der Waals surface area contributed by atoms with Crippen LogP contribution in [0.2, 0.25) is 0 Å². The van der Waals surface area contributed by atoms with E-state index in [1.165, 1.54) is 353 Å². The van der Waals surface area contributed by atoms with E-state index < -0.39 is 0 Å². The van der Waals surface area contributed by atoms with Gasteiger partial charge in [-0.1, -0.05) is 356 Å². The summed E-state index contributed by atoms with van der Waals surface area (Å²) in [6, 6.07) is 0. The van der Waals surface area contributed by atoms with Crippen molar-refractivity contribution in [1.29, 1.82) is 0 Å². The van der Waals surface area contributed by atoms with Gasteiger partial charge in [-0.05, 0) is 67.1 Å². The van der Waals surface area contributed by atoms with Gasteiger partial charge >= 0.3 is 0 Å². The molecule has 0 radical (unpaired) electrons. The van der Waals surface area contributed by atoms with Crippen molar-refractivity contribution in [3.05, 3.63) is 0 Å². The average Bonchev–Trinajstić information content (AvgIpc) is 3.70. The van der Waals surface area contributed by atoms with Gasteiger partial charge in [-0.25, -0.2) is 0 Å². The van der Waals surface area contributed by atoms with Gasteiger partial charge in [-0.15, -0.1) is 0 Å². The van der Waals surface area contributed by atoms with Crippen LogP contribution in [0.25, 0.3) is 0 Å². The summed E-state index contributed by atoms with van der Waals surface area (Å²) >= 11 is 0. The van der Waals surface area contributed by atoms with Crippen LogP contribution in [0, 0.1) is 28.6 Å². The molecule has 1 aliphatic rings. The van der Waals surface area contributed by atoms with Crippen molar-refractivity contribution in [3.63, 3.8) is 0 Å². The first-order valence-corrected chi connectivity index (χ1v) is 34.2. The quantitative estimate of drug-likeness (QED) is 0.0615. The number of hydrogen-bond donors (Lipinski definition) is 1. The Morgan fingerprint density at radius 1 is 0.296 bits per heavy atom. The van der Waals surface area contributed by atoms with Crippen LogP contribution in [-0.4, -0.2) is 24.9 Å². The Bertz CT molecular complexity index is 981. The number of hydrogen-bond acceptors (Lipinski definition) is 2. The minimum atomic E-state index is 0.162. The zero-order chi connectivity index (χ0) is 51.5. The highest BCUT2D eigenvalue weighted by Crippen LogP contribution is 2.65. The fourth-order valence-electron chi connectivity index (χ4n) is 14.3. The monoisotopic (exact) mass is 999 g/mol.